The largest absolute Gasteiger partial charge is 0.371 e. The van der Waals surface area contributed by atoms with Crippen molar-refractivity contribution in [1.82, 2.24) is 9.97 Å². The summed E-state index contributed by atoms with van der Waals surface area (Å²) in [4.78, 5) is 12.9. The molecule has 2 N–H and O–H groups in total. The molecular formula is C42H46N4. The molecule has 0 aliphatic carbocycles. The number of nitrogens with zero attached hydrogens (tertiary/aromatic N) is 2. The molecule has 0 bridgehead atoms. The molecule has 46 heavy (non-hydrogen) atoms. The SMILES string of the molecule is c1ccc2c(c1)CCCN2CCc1c(CCCCc2[nH]c3ccccc3c2CCN2CCCc3ccccc32)[nH]c2ccccc12. The van der Waals surface area contributed by atoms with Crippen LogP contribution in [-0.2, 0) is 38.5 Å². The third-order valence-corrected chi connectivity index (χ3v) is 10.6. The van der Waals surface area contributed by atoms with Gasteiger partial charge in [0.15, 0.2) is 0 Å². The minimum Gasteiger partial charge on any atom is -0.371 e. The van der Waals surface area contributed by atoms with Crippen LogP contribution in [0.15, 0.2) is 97.1 Å². The van der Waals surface area contributed by atoms with Gasteiger partial charge in [-0.2, -0.15) is 0 Å². The molecule has 0 atom stereocenters. The molecule has 2 aromatic heterocycles. The van der Waals surface area contributed by atoms with E-state index in [2.05, 4.69) is 117 Å². The lowest BCUT2D eigenvalue weighted by Gasteiger charge is -2.31. The fourth-order valence-electron chi connectivity index (χ4n) is 8.29. The van der Waals surface area contributed by atoms with Crippen LogP contribution in [0.25, 0.3) is 21.8 Å². The summed E-state index contributed by atoms with van der Waals surface area (Å²) in [7, 11) is 0. The number of rotatable bonds is 11. The summed E-state index contributed by atoms with van der Waals surface area (Å²) in [5.41, 5.74) is 14.4. The minimum absolute atomic E-state index is 1.08. The van der Waals surface area contributed by atoms with Gasteiger partial charge in [0, 0.05) is 70.7 Å². The number of aromatic amines is 2. The predicted octanol–water partition coefficient (Wildman–Crippen LogP) is 9.21. The summed E-state index contributed by atoms with van der Waals surface area (Å²) in [6.07, 6.45) is 11.6. The van der Waals surface area contributed by atoms with Crippen LogP contribution in [0, 0.1) is 0 Å². The zero-order chi connectivity index (χ0) is 30.7. The van der Waals surface area contributed by atoms with Crippen LogP contribution in [0.1, 0.15) is 59.3 Å². The van der Waals surface area contributed by atoms with Gasteiger partial charge in [-0.05, 0) is 111 Å². The van der Waals surface area contributed by atoms with Crippen LogP contribution in [0.4, 0.5) is 11.4 Å². The molecule has 8 rings (SSSR count). The third kappa shape index (κ3) is 5.82. The number of nitrogens with one attached hydrogen (secondary N) is 2. The van der Waals surface area contributed by atoms with E-state index in [4.69, 9.17) is 0 Å². The molecule has 0 fully saturated rings. The molecule has 234 valence electrons. The maximum atomic E-state index is 3.84. The first-order chi connectivity index (χ1) is 22.8. The second-order valence-corrected chi connectivity index (χ2v) is 13.4. The lowest BCUT2D eigenvalue weighted by atomic mass is 9.98. The van der Waals surface area contributed by atoms with E-state index in [1.165, 1.54) is 105 Å². The Hall–Kier alpha value is -4.44. The standard InChI is InChI=1S/C42H46N4/c1-9-23-41-31(13-1)15-11-27-45(41)29-25-35-33-17-3-5-19-37(33)43-39(35)21-7-8-22-40-36(34-18-4-6-20-38(34)44-40)26-30-46-28-12-16-32-14-2-10-24-42(32)46/h1-6,9-10,13-14,17-20,23-24,43-44H,7-8,11-12,15-16,21-22,25-30H2. The molecular weight excluding hydrogens is 560 g/mol. The number of anilines is 2. The number of fused-ring (bicyclic) bond motifs is 4. The van der Waals surface area contributed by atoms with E-state index in [1.807, 2.05) is 0 Å². The molecule has 0 spiro atoms. The zero-order valence-electron chi connectivity index (χ0n) is 27.0. The zero-order valence-corrected chi connectivity index (χ0v) is 27.0. The summed E-state index contributed by atoms with van der Waals surface area (Å²) in [6, 6.07) is 35.8. The number of aryl methyl sites for hydroxylation is 4. The number of hydrogen-bond donors (Lipinski definition) is 2. The Morgan fingerprint density at radius 3 is 1.41 bits per heavy atom. The van der Waals surface area contributed by atoms with E-state index in [1.54, 1.807) is 0 Å². The van der Waals surface area contributed by atoms with E-state index in [0.717, 1.165) is 51.9 Å². The van der Waals surface area contributed by atoms with E-state index >= 15 is 0 Å². The Labute approximate surface area is 273 Å². The number of para-hydroxylation sites is 4. The topological polar surface area (TPSA) is 38.1 Å². The molecule has 4 nitrogen and oxygen atoms in total. The van der Waals surface area contributed by atoms with Crippen molar-refractivity contribution in [3.8, 4) is 0 Å². The molecule has 0 saturated heterocycles. The van der Waals surface area contributed by atoms with Crippen molar-refractivity contribution >= 4 is 33.2 Å². The van der Waals surface area contributed by atoms with Crippen molar-refractivity contribution in [2.45, 2.75) is 64.2 Å². The van der Waals surface area contributed by atoms with Gasteiger partial charge in [0.25, 0.3) is 0 Å². The van der Waals surface area contributed by atoms with Gasteiger partial charge in [-0.15, -0.1) is 0 Å². The molecule has 4 heterocycles. The highest BCUT2D eigenvalue weighted by Gasteiger charge is 2.20. The number of hydrogen-bond acceptors (Lipinski definition) is 2. The van der Waals surface area contributed by atoms with Gasteiger partial charge in [0.05, 0.1) is 0 Å². The van der Waals surface area contributed by atoms with E-state index in [9.17, 15) is 0 Å². The van der Waals surface area contributed by atoms with Gasteiger partial charge in [-0.3, -0.25) is 0 Å². The van der Waals surface area contributed by atoms with Gasteiger partial charge in [-0.1, -0.05) is 72.8 Å². The second-order valence-electron chi connectivity index (χ2n) is 13.4. The summed E-state index contributed by atoms with van der Waals surface area (Å²) in [6.45, 7) is 4.47. The Morgan fingerprint density at radius 2 is 0.913 bits per heavy atom. The van der Waals surface area contributed by atoms with Gasteiger partial charge < -0.3 is 19.8 Å². The molecule has 6 aromatic rings. The van der Waals surface area contributed by atoms with Crippen LogP contribution < -0.4 is 9.80 Å². The van der Waals surface area contributed by atoms with Gasteiger partial charge in [0.1, 0.15) is 0 Å². The maximum absolute atomic E-state index is 3.84. The second kappa shape index (κ2) is 13.1. The van der Waals surface area contributed by atoms with E-state index in [-0.39, 0.29) is 0 Å². The number of H-pyrrole nitrogens is 2. The van der Waals surface area contributed by atoms with E-state index in [0.29, 0.717) is 0 Å². The van der Waals surface area contributed by atoms with Crippen LogP contribution >= 0.6 is 0 Å². The molecule has 2 aliphatic rings. The summed E-state index contributed by atoms with van der Waals surface area (Å²) in [5, 5.41) is 2.81. The highest BCUT2D eigenvalue weighted by molar-refractivity contribution is 5.85. The van der Waals surface area contributed by atoms with Crippen molar-refractivity contribution in [1.29, 1.82) is 0 Å². The summed E-state index contributed by atoms with van der Waals surface area (Å²) in [5.74, 6) is 0. The summed E-state index contributed by atoms with van der Waals surface area (Å²) >= 11 is 0. The van der Waals surface area contributed by atoms with Crippen LogP contribution in [0.5, 0.6) is 0 Å². The normalized spacial score (nSPS) is 14.6. The Bertz CT molecular complexity index is 1800. The van der Waals surface area contributed by atoms with Gasteiger partial charge in [0.2, 0.25) is 0 Å². The summed E-state index contributed by atoms with van der Waals surface area (Å²) < 4.78 is 0. The first-order valence-electron chi connectivity index (χ1n) is 17.6. The molecule has 0 radical (unpaired) electrons. The third-order valence-electron chi connectivity index (χ3n) is 10.6. The molecule has 4 heteroatoms. The van der Waals surface area contributed by atoms with Crippen molar-refractivity contribution < 1.29 is 0 Å². The molecule has 0 amide bonds. The highest BCUT2D eigenvalue weighted by Crippen LogP contribution is 2.31. The fraction of sp³-hybridized carbons (Fsp3) is 0.333. The van der Waals surface area contributed by atoms with Crippen LogP contribution in [-0.4, -0.2) is 36.1 Å². The predicted molar refractivity (Wildman–Crippen MR) is 195 cm³/mol. The average molecular weight is 607 g/mol. The number of aromatic nitrogens is 2. The van der Waals surface area contributed by atoms with Crippen molar-refractivity contribution in [2.75, 3.05) is 36.0 Å². The van der Waals surface area contributed by atoms with Crippen LogP contribution in [0.3, 0.4) is 0 Å². The molecule has 0 saturated carbocycles. The highest BCUT2D eigenvalue weighted by atomic mass is 15.1. The molecule has 0 unspecified atom stereocenters. The monoisotopic (exact) mass is 606 g/mol. The van der Waals surface area contributed by atoms with Gasteiger partial charge in [-0.25, -0.2) is 0 Å². The van der Waals surface area contributed by atoms with E-state index < -0.39 is 0 Å². The average Bonchev–Trinajstić information content (AvgIpc) is 3.65. The Balaban J connectivity index is 0.953. The maximum Gasteiger partial charge on any atom is 0.0458 e. The minimum atomic E-state index is 1.08. The quantitative estimate of drug-likeness (QED) is 0.144. The number of unbranched alkanes of at least 4 members (excludes halogenated alkanes) is 1. The molecule has 4 aromatic carbocycles. The van der Waals surface area contributed by atoms with Crippen molar-refractivity contribution in [3.63, 3.8) is 0 Å². The lowest BCUT2D eigenvalue weighted by molar-refractivity contribution is 0.677. The Morgan fingerprint density at radius 1 is 0.478 bits per heavy atom. The smallest absolute Gasteiger partial charge is 0.0458 e. The fourth-order valence-corrected chi connectivity index (χ4v) is 8.29. The molecule has 2 aliphatic heterocycles. The van der Waals surface area contributed by atoms with Crippen molar-refractivity contribution in [2.24, 2.45) is 0 Å². The van der Waals surface area contributed by atoms with Crippen LogP contribution in [0.2, 0.25) is 0 Å². The first kappa shape index (κ1) is 29.0. The number of benzene rings is 4. The van der Waals surface area contributed by atoms with Gasteiger partial charge >= 0.3 is 0 Å². The van der Waals surface area contributed by atoms with Crippen molar-refractivity contribution in [3.05, 3.63) is 131 Å². The lowest BCUT2D eigenvalue weighted by Crippen LogP contribution is -2.31. The Kier molecular flexibility index (Phi) is 8.27. The first-order valence-corrected chi connectivity index (χ1v) is 17.6.